The number of hydrogen-bond acceptors (Lipinski definition) is 6. The molecule has 0 fully saturated rings. The number of benzene rings is 3. The van der Waals surface area contributed by atoms with E-state index < -0.39 is 29.3 Å². The molecule has 10 heteroatoms. The van der Waals surface area contributed by atoms with Crippen LogP contribution in [0.5, 0.6) is 0 Å². The Kier molecular flexibility index (Phi) is 10.5. The SMILES string of the molecule is COC(=O)[C@](C)(CCSC)NC(=O)c1ccc(COC(Cn2ccnc2)c2ccc(F)cc2)cc1-c1ccc(F)cc1. The molecule has 1 unspecified atom stereocenters. The summed E-state index contributed by atoms with van der Waals surface area (Å²) in [6.07, 6.45) is 7.07. The van der Waals surface area contributed by atoms with Gasteiger partial charge in [-0.25, -0.2) is 18.6 Å². The number of hydrogen-bond donors (Lipinski definition) is 1. The monoisotopic (exact) mass is 593 g/mol. The Labute approximate surface area is 248 Å². The fourth-order valence-corrected chi connectivity index (χ4v) is 5.14. The highest BCUT2D eigenvalue weighted by Crippen LogP contribution is 2.29. The Bertz CT molecular complexity index is 1480. The van der Waals surface area contributed by atoms with Gasteiger partial charge in [0.25, 0.3) is 5.91 Å². The fourth-order valence-electron chi connectivity index (χ4n) is 4.53. The molecule has 0 aliphatic carbocycles. The molecule has 7 nitrogen and oxygen atoms in total. The van der Waals surface area contributed by atoms with Gasteiger partial charge in [0, 0.05) is 18.0 Å². The molecule has 1 amide bonds. The van der Waals surface area contributed by atoms with Crippen LogP contribution in [0.15, 0.2) is 85.5 Å². The molecule has 1 N–H and O–H groups in total. The summed E-state index contributed by atoms with van der Waals surface area (Å²) >= 11 is 1.56. The van der Waals surface area contributed by atoms with Gasteiger partial charge in [0.05, 0.1) is 26.6 Å². The number of carbonyl (C=O) groups is 2. The Morgan fingerprint density at radius 3 is 2.36 bits per heavy atom. The third-order valence-corrected chi connectivity index (χ3v) is 7.56. The van der Waals surface area contributed by atoms with Crippen LogP contribution in [-0.2, 0) is 27.4 Å². The first-order chi connectivity index (χ1) is 20.2. The standard InChI is InChI=1S/C32H33F2N3O4S/c1-32(14-17-42-3,31(39)40-2)36-30(38)27-13-4-22(18-28(27)23-5-9-25(33)10-6-23)20-41-29(19-37-16-15-35-21-37)24-7-11-26(34)12-8-24/h4-13,15-16,18,21,29H,14,17,19-20H2,1-3H3,(H,36,38)/t29?,32-/m0/s1. The van der Waals surface area contributed by atoms with Crippen molar-refractivity contribution in [3.63, 3.8) is 0 Å². The van der Waals surface area contributed by atoms with Crippen molar-refractivity contribution in [1.82, 2.24) is 14.9 Å². The summed E-state index contributed by atoms with van der Waals surface area (Å²) in [5.41, 5.74) is 1.83. The van der Waals surface area contributed by atoms with Gasteiger partial charge in [0.15, 0.2) is 0 Å². The normalized spacial score (nSPS) is 13.3. The first-order valence-electron chi connectivity index (χ1n) is 13.3. The zero-order valence-electron chi connectivity index (χ0n) is 23.7. The molecule has 2 atom stereocenters. The number of thioether (sulfide) groups is 1. The number of rotatable bonds is 13. The van der Waals surface area contributed by atoms with Crippen LogP contribution >= 0.6 is 11.8 Å². The number of methoxy groups -OCH3 is 1. The summed E-state index contributed by atoms with van der Waals surface area (Å²) in [4.78, 5) is 30.3. The third-order valence-electron chi connectivity index (χ3n) is 6.94. The predicted molar refractivity (Wildman–Crippen MR) is 159 cm³/mol. The number of nitrogens with zero attached hydrogens (tertiary/aromatic N) is 2. The lowest BCUT2D eigenvalue weighted by molar-refractivity contribution is -0.147. The van der Waals surface area contributed by atoms with E-state index in [9.17, 15) is 18.4 Å². The second-order valence-electron chi connectivity index (χ2n) is 10.0. The fraction of sp³-hybridized carbons (Fsp3) is 0.281. The molecule has 0 spiro atoms. The molecule has 220 valence electrons. The summed E-state index contributed by atoms with van der Waals surface area (Å²) in [6, 6.07) is 17.3. The number of ether oxygens (including phenoxy) is 2. The molecular weight excluding hydrogens is 560 g/mol. The first-order valence-corrected chi connectivity index (χ1v) is 14.7. The van der Waals surface area contributed by atoms with Gasteiger partial charge in [-0.15, -0.1) is 0 Å². The van der Waals surface area contributed by atoms with E-state index in [2.05, 4.69) is 10.3 Å². The van der Waals surface area contributed by atoms with E-state index >= 15 is 0 Å². The summed E-state index contributed by atoms with van der Waals surface area (Å²) in [5, 5.41) is 2.87. The average molecular weight is 594 g/mol. The van der Waals surface area contributed by atoms with Gasteiger partial charge in [0.1, 0.15) is 23.3 Å². The van der Waals surface area contributed by atoms with Crippen molar-refractivity contribution in [2.75, 3.05) is 19.1 Å². The zero-order chi connectivity index (χ0) is 30.1. The third kappa shape index (κ3) is 7.83. The van der Waals surface area contributed by atoms with Crippen molar-refractivity contribution in [1.29, 1.82) is 0 Å². The Balaban J connectivity index is 1.63. The van der Waals surface area contributed by atoms with E-state index in [1.165, 1.54) is 31.4 Å². The Morgan fingerprint density at radius 2 is 1.74 bits per heavy atom. The van der Waals surface area contributed by atoms with Gasteiger partial charge in [-0.3, -0.25) is 4.79 Å². The van der Waals surface area contributed by atoms with Crippen LogP contribution in [0.25, 0.3) is 11.1 Å². The summed E-state index contributed by atoms with van der Waals surface area (Å²) in [6.45, 7) is 2.28. The zero-order valence-corrected chi connectivity index (χ0v) is 24.5. The highest BCUT2D eigenvalue weighted by Gasteiger charge is 2.36. The molecule has 0 aliphatic heterocycles. The lowest BCUT2D eigenvalue weighted by Crippen LogP contribution is -2.53. The maximum Gasteiger partial charge on any atom is 0.331 e. The molecule has 3 aromatic carbocycles. The van der Waals surface area contributed by atoms with Crippen molar-refractivity contribution in [3.05, 3.63) is 114 Å². The van der Waals surface area contributed by atoms with Crippen LogP contribution in [0.4, 0.5) is 8.78 Å². The van der Waals surface area contributed by atoms with Crippen molar-refractivity contribution >= 4 is 23.6 Å². The van der Waals surface area contributed by atoms with Gasteiger partial charge in [-0.05, 0) is 84.0 Å². The van der Waals surface area contributed by atoms with E-state index in [1.807, 2.05) is 23.1 Å². The number of carbonyl (C=O) groups excluding carboxylic acids is 2. The minimum atomic E-state index is -1.23. The smallest absolute Gasteiger partial charge is 0.331 e. The van der Waals surface area contributed by atoms with Gasteiger partial charge in [-0.1, -0.05) is 30.3 Å². The van der Waals surface area contributed by atoms with Crippen LogP contribution in [0.3, 0.4) is 0 Å². The topological polar surface area (TPSA) is 82.5 Å². The number of amides is 1. The molecular formula is C32H33F2N3O4S. The van der Waals surface area contributed by atoms with Crippen LogP contribution < -0.4 is 5.32 Å². The van der Waals surface area contributed by atoms with E-state index in [4.69, 9.17) is 9.47 Å². The largest absolute Gasteiger partial charge is 0.467 e. The molecule has 0 bridgehead atoms. The maximum absolute atomic E-state index is 13.8. The quantitative estimate of drug-likeness (QED) is 0.186. The highest BCUT2D eigenvalue weighted by molar-refractivity contribution is 7.98. The van der Waals surface area contributed by atoms with Gasteiger partial charge < -0.3 is 19.4 Å². The Hall–Kier alpha value is -4.02. The van der Waals surface area contributed by atoms with Gasteiger partial charge in [-0.2, -0.15) is 11.8 Å². The molecule has 1 heterocycles. The van der Waals surface area contributed by atoms with Crippen LogP contribution in [-0.4, -0.2) is 46.1 Å². The van der Waals surface area contributed by atoms with E-state index in [1.54, 1.807) is 67.6 Å². The van der Waals surface area contributed by atoms with Crippen molar-refractivity contribution in [2.45, 2.75) is 38.1 Å². The number of halogens is 2. The van der Waals surface area contributed by atoms with Gasteiger partial charge in [0.2, 0.25) is 0 Å². The molecule has 1 aromatic heterocycles. The predicted octanol–water partition coefficient (Wildman–Crippen LogP) is 6.20. The van der Waals surface area contributed by atoms with E-state index in [0.717, 1.165) is 11.1 Å². The highest BCUT2D eigenvalue weighted by atomic mass is 32.2. The number of imidazole rings is 1. The molecule has 4 rings (SSSR count). The minimum Gasteiger partial charge on any atom is -0.467 e. The molecule has 4 aromatic rings. The minimum absolute atomic E-state index is 0.181. The van der Waals surface area contributed by atoms with Crippen molar-refractivity contribution in [2.24, 2.45) is 0 Å². The van der Waals surface area contributed by atoms with E-state index in [-0.39, 0.29) is 12.4 Å². The lowest BCUT2D eigenvalue weighted by atomic mass is 9.94. The maximum atomic E-state index is 13.8. The summed E-state index contributed by atoms with van der Waals surface area (Å²) in [7, 11) is 1.29. The molecule has 0 saturated heterocycles. The molecule has 0 radical (unpaired) electrons. The van der Waals surface area contributed by atoms with E-state index in [0.29, 0.717) is 35.4 Å². The summed E-state index contributed by atoms with van der Waals surface area (Å²) < 4.78 is 40.6. The summed E-state index contributed by atoms with van der Waals surface area (Å²) in [5.74, 6) is -1.10. The number of aromatic nitrogens is 2. The second-order valence-corrected chi connectivity index (χ2v) is 11.0. The van der Waals surface area contributed by atoms with Gasteiger partial charge >= 0.3 is 5.97 Å². The lowest BCUT2D eigenvalue weighted by Gasteiger charge is -2.28. The first kappa shape index (κ1) is 30.9. The number of esters is 1. The Morgan fingerprint density at radius 1 is 1.05 bits per heavy atom. The van der Waals surface area contributed by atoms with Crippen LogP contribution in [0, 0.1) is 11.6 Å². The molecule has 0 aliphatic rings. The van der Waals surface area contributed by atoms with Crippen LogP contribution in [0.1, 0.15) is 40.9 Å². The van der Waals surface area contributed by atoms with Crippen LogP contribution in [0.2, 0.25) is 0 Å². The molecule has 0 saturated carbocycles. The van der Waals surface area contributed by atoms with Crippen molar-refractivity contribution in [3.8, 4) is 11.1 Å². The molecule has 42 heavy (non-hydrogen) atoms. The van der Waals surface area contributed by atoms with Crippen molar-refractivity contribution < 1.29 is 27.8 Å². The number of nitrogens with one attached hydrogen (secondary N) is 1. The average Bonchev–Trinajstić information content (AvgIpc) is 3.51. The second kappa shape index (κ2) is 14.2.